The Bertz CT molecular complexity index is 915. The number of halogens is 2. The summed E-state index contributed by atoms with van der Waals surface area (Å²) >= 11 is 0. The summed E-state index contributed by atoms with van der Waals surface area (Å²) in [6.07, 6.45) is 2.33. The van der Waals surface area contributed by atoms with Crippen molar-refractivity contribution in [2.75, 3.05) is 19.6 Å². The molecule has 0 unspecified atom stereocenters. The molecular weight excluding hydrogens is 380 g/mol. The molecule has 29 heavy (non-hydrogen) atoms. The van der Waals surface area contributed by atoms with E-state index in [9.17, 15) is 18.4 Å². The Morgan fingerprint density at radius 2 is 1.79 bits per heavy atom. The van der Waals surface area contributed by atoms with Gasteiger partial charge in [0.1, 0.15) is 23.1 Å². The molecule has 0 radical (unpaired) electrons. The minimum atomic E-state index is -0.694. The molecule has 2 aliphatic rings. The Morgan fingerprint density at radius 3 is 2.45 bits per heavy atom. The van der Waals surface area contributed by atoms with Gasteiger partial charge in [-0.25, -0.2) is 13.8 Å². The van der Waals surface area contributed by atoms with E-state index >= 15 is 0 Å². The second-order valence-corrected chi connectivity index (χ2v) is 7.57. The lowest BCUT2D eigenvalue weighted by Crippen LogP contribution is -2.45. The second kappa shape index (κ2) is 7.93. The maximum atomic E-state index is 13.5. The third-order valence-corrected chi connectivity index (χ3v) is 5.65. The van der Waals surface area contributed by atoms with Crippen LogP contribution in [0.5, 0.6) is 0 Å². The van der Waals surface area contributed by atoms with Gasteiger partial charge in [-0.15, -0.1) is 0 Å². The van der Waals surface area contributed by atoms with E-state index in [1.807, 2.05) is 11.8 Å². The van der Waals surface area contributed by atoms with Gasteiger partial charge in [0.2, 0.25) is 17.7 Å². The molecule has 1 aromatic heterocycles. The number of carbonyl (C=O) groups is 2. The quantitative estimate of drug-likeness (QED) is 0.790. The molecule has 0 saturated carbocycles. The largest absolute Gasteiger partial charge is 0.441 e. The van der Waals surface area contributed by atoms with Crippen molar-refractivity contribution in [1.82, 2.24) is 14.8 Å². The van der Waals surface area contributed by atoms with E-state index in [4.69, 9.17) is 4.42 Å². The molecule has 1 aromatic carbocycles. The Balaban J connectivity index is 1.43. The monoisotopic (exact) mass is 403 g/mol. The Hall–Kier alpha value is -2.77. The molecular formula is C21H23F2N3O3. The van der Waals surface area contributed by atoms with E-state index in [0.29, 0.717) is 63.3 Å². The number of hydrogen-bond donors (Lipinski definition) is 0. The number of benzene rings is 1. The maximum Gasteiger partial charge on any atom is 0.226 e. The number of oxazole rings is 1. The summed E-state index contributed by atoms with van der Waals surface area (Å²) in [4.78, 5) is 32.7. The number of rotatable bonds is 3. The van der Waals surface area contributed by atoms with Gasteiger partial charge < -0.3 is 14.2 Å². The summed E-state index contributed by atoms with van der Waals surface area (Å²) in [5, 5.41) is 0. The minimum Gasteiger partial charge on any atom is -0.441 e. The number of aromatic nitrogens is 1. The highest BCUT2D eigenvalue weighted by molar-refractivity contribution is 5.80. The van der Waals surface area contributed by atoms with Gasteiger partial charge in [0, 0.05) is 50.0 Å². The Labute approximate surface area is 167 Å². The number of nitrogens with zero attached hydrogens (tertiary/aromatic N) is 3. The molecule has 0 bridgehead atoms. The summed E-state index contributed by atoms with van der Waals surface area (Å²) in [5.41, 5.74) is 0.866. The van der Waals surface area contributed by atoms with Crippen molar-refractivity contribution in [3.05, 3.63) is 41.3 Å². The maximum absolute atomic E-state index is 13.5. The molecule has 154 valence electrons. The zero-order valence-corrected chi connectivity index (χ0v) is 16.3. The van der Waals surface area contributed by atoms with Gasteiger partial charge in [0.25, 0.3) is 0 Å². The number of fused-ring (bicyclic) bond motifs is 1. The minimum absolute atomic E-state index is 0.0700. The van der Waals surface area contributed by atoms with Crippen LogP contribution in [0.25, 0.3) is 11.5 Å². The molecule has 0 aliphatic carbocycles. The van der Waals surface area contributed by atoms with Gasteiger partial charge in [-0.3, -0.25) is 9.59 Å². The summed E-state index contributed by atoms with van der Waals surface area (Å²) < 4.78 is 32.7. The number of piperidine rings is 1. The third kappa shape index (κ3) is 4.02. The number of likely N-dealkylation sites (tertiary alicyclic amines) is 1. The second-order valence-electron chi connectivity index (χ2n) is 7.57. The Kier molecular flexibility index (Phi) is 5.34. The third-order valence-electron chi connectivity index (χ3n) is 5.65. The number of amides is 2. The Morgan fingerprint density at radius 1 is 1.10 bits per heavy atom. The number of carbonyl (C=O) groups excluding carboxylic acids is 2. The van der Waals surface area contributed by atoms with Crippen LogP contribution in [0.15, 0.2) is 22.6 Å². The first-order chi connectivity index (χ1) is 13.9. The lowest BCUT2D eigenvalue weighted by atomic mass is 9.94. The van der Waals surface area contributed by atoms with Crippen LogP contribution in [-0.4, -0.2) is 46.2 Å². The average Bonchev–Trinajstić information content (AvgIpc) is 3.15. The normalized spacial score (nSPS) is 17.3. The molecule has 3 heterocycles. The van der Waals surface area contributed by atoms with Crippen LogP contribution in [-0.2, 0) is 22.6 Å². The molecule has 0 atom stereocenters. The molecule has 1 fully saturated rings. The van der Waals surface area contributed by atoms with E-state index in [2.05, 4.69) is 4.98 Å². The van der Waals surface area contributed by atoms with Crippen LogP contribution in [0, 0.1) is 17.6 Å². The van der Waals surface area contributed by atoms with E-state index in [-0.39, 0.29) is 29.2 Å². The predicted octanol–water partition coefficient (Wildman–Crippen LogP) is 3.15. The summed E-state index contributed by atoms with van der Waals surface area (Å²) in [6.45, 7) is 3.91. The first-order valence-corrected chi connectivity index (χ1v) is 9.96. The van der Waals surface area contributed by atoms with Crippen LogP contribution in [0.3, 0.4) is 0 Å². The lowest BCUT2D eigenvalue weighted by molar-refractivity contribution is -0.141. The molecule has 6 nitrogen and oxygen atoms in total. The predicted molar refractivity (Wildman–Crippen MR) is 101 cm³/mol. The van der Waals surface area contributed by atoms with Crippen molar-refractivity contribution < 1.29 is 22.8 Å². The molecule has 2 aromatic rings. The van der Waals surface area contributed by atoms with E-state index in [0.717, 1.165) is 6.07 Å². The molecule has 2 aliphatic heterocycles. The molecule has 8 heteroatoms. The van der Waals surface area contributed by atoms with Crippen molar-refractivity contribution in [3.8, 4) is 11.5 Å². The smallest absolute Gasteiger partial charge is 0.226 e. The summed E-state index contributed by atoms with van der Waals surface area (Å²) in [7, 11) is 0. The highest BCUT2D eigenvalue weighted by atomic mass is 19.1. The molecule has 1 saturated heterocycles. The molecule has 0 spiro atoms. The van der Waals surface area contributed by atoms with Crippen LogP contribution in [0.1, 0.15) is 37.6 Å². The average molecular weight is 403 g/mol. The standard InChI is InChI=1S/C21H23F2N3O3/c1-2-19(27)25-6-3-13(4-7-25)21(28)26-8-5-18-17(12-26)24-20(29-18)14-9-15(22)11-16(23)10-14/h9-11,13H,2-8,12H2,1H3. The van der Waals surface area contributed by atoms with Crippen molar-refractivity contribution in [2.45, 2.75) is 39.2 Å². The fourth-order valence-electron chi connectivity index (χ4n) is 4.05. The van der Waals surface area contributed by atoms with Crippen molar-refractivity contribution in [3.63, 3.8) is 0 Å². The number of hydrogen-bond acceptors (Lipinski definition) is 4. The van der Waals surface area contributed by atoms with Crippen LogP contribution in [0.2, 0.25) is 0 Å². The first-order valence-electron chi connectivity index (χ1n) is 9.96. The highest BCUT2D eigenvalue weighted by Gasteiger charge is 2.33. The van der Waals surface area contributed by atoms with E-state index < -0.39 is 11.6 Å². The molecule has 4 rings (SSSR count). The fourth-order valence-corrected chi connectivity index (χ4v) is 4.05. The topological polar surface area (TPSA) is 66.7 Å². The van der Waals surface area contributed by atoms with Crippen molar-refractivity contribution in [1.29, 1.82) is 0 Å². The van der Waals surface area contributed by atoms with Gasteiger partial charge >= 0.3 is 0 Å². The van der Waals surface area contributed by atoms with Crippen LogP contribution in [0.4, 0.5) is 8.78 Å². The fraction of sp³-hybridized carbons (Fsp3) is 0.476. The van der Waals surface area contributed by atoms with Gasteiger partial charge in [-0.2, -0.15) is 0 Å². The van der Waals surface area contributed by atoms with E-state index in [1.54, 1.807) is 4.90 Å². The van der Waals surface area contributed by atoms with Crippen molar-refractivity contribution in [2.24, 2.45) is 5.92 Å². The summed E-state index contributed by atoms with van der Waals surface area (Å²) in [6, 6.07) is 3.15. The molecule has 0 N–H and O–H groups in total. The SMILES string of the molecule is CCC(=O)N1CCC(C(=O)N2CCc3oc(-c4cc(F)cc(F)c4)nc3C2)CC1. The van der Waals surface area contributed by atoms with Crippen LogP contribution >= 0.6 is 0 Å². The van der Waals surface area contributed by atoms with Gasteiger partial charge in [0.05, 0.1) is 6.54 Å². The van der Waals surface area contributed by atoms with Gasteiger partial charge in [-0.05, 0) is 25.0 Å². The first kappa shape index (κ1) is 19.5. The highest BCUT2D eigenvalue weighted by Crippen LogP contribution is 2.29. The zero-order valence-electron chi connectivity index (χ0n) is 16.3. The summed E-state index contributed by atoms with van der Waals surface area (Å²) in [5.74, 6) is -0.475. The molecule has 2 amide bonds. The van der Waals surface area contributed by atoms with Gasteiger partial charge in [0.15, 0.2) is 0 Å². The van der Waals surface area contributed by atoms with Gasteiger partial charge in [-0.1, -0.05) is 6.92 Å². The van der Waals surface area contributed by atoms with Crippen LogP contribution < -0.4 is 0 Å². The van der Waals surface area contributed by atoms with Crippen molar-refractivity contribution >= 4 is 11.8 Å². The lowest BCUT2D eigenvalue weighted by Gasteiger charge is -2.35. The van der Waals surface area contributed by atoms with E-state index in [1.165, 1.54) is 12.1 Å². The zero-order chi connectivity index (χ0) is 20.5.